The smallest absolute Gasteiger partial charge is 0.408 e. The summed E-state index contributed by atoms with van der Waals surface area (Å²) in [5, 5.41) is 18.2. The minimum absolute atomic E-state index is 0.0300. The van der Waals surface area contributed by atoms with Gasteiger partial charge in [-0.25, -0.2) is 19.6 Å². The number of carbonyl (C=O) groups excluding carboxylic acids is 3. The number of alkyl carbamates (subject to hydrolysis) is 1. The first-order valence-electron chi connectivity index (χ1n) is 16.6. The summed E-state index contributed by atoms with van der Waals surface area (Å²) in [6, 6.07) is 4.88. The molecule has 6 rings (SSSR count). The third-order valence-electron chi connectivity index (χ3n) is 9.02. The zero-order valence-electron chi connectivity index (χ0n) is 27.9. The maximum absolute atomic E-state index is 14.4. The number of halogens is 2. The first-order chi connectivity index (χ1) is 23.7. The van der Waals surface area contributed by atoms with Crippen LogP contribution >= 0.6 is 34.5 Å². The highest BCUT2D eigenvalue weighted by atomic mass is 35.5. The molecule has 1 saturated heterocycles. The normalized spacial score (nSPS) is 25.9. The fourth-order valence-corrected chi connectivity index (χ4v) is 7.47. The van der Waals surface area contributed by atoms with Crippen LogP contribution in [0.5, 0.6) is 5.88 Å². The minimum atomic E-state index is -1.47. The molecule has 50 heavy (non-hydrogen) atoms. The molecule has 0 bridgehead atoms. The molecule has 5 atom stereocenters. The van der Waals surface area contributed by atoms with Crippen molar-refractivity contribution < 1.29 is 33.8 Å². The Morgan fingerprint density at radius 1 is 1.12 bits per heavy atom. The number of ether oxygens (including phenoxy) is 2. The summed E-state index contributed by atoms with van der Waals surface area (Å²) in [5.74, 6) is -2.43. The van der Waals surface area contributed by atoms with E-state index in [4.69, 9.17) is 42.6 Å². The second kappa shape index (κ2) is 14.4. The van der Waals surface area contributed by atoms with Crippen LogP contribution in [0.4, 0.5) is 4.79 Å². The van der Waals surface area contributed by atoms with Gasteiger partial charge in [0.15, 0.2) is 0 Å². The average molecular weight is 745 g/mol. The summed E-state index contributed by atoms with van der Waals surface area (Å²) in [7, 11) is 0. The lowest BCUT2D eigenvalue weighted by Gasteiger charge is -2.30. The van der Waals surface area contributed by atoms with Gasteiger partial charge in [-0.3, -0.25) is 9.59 Å². The number of fused-ring (bicyclic) bond motifs is 3. The van der Waals surface area contributed by atoms with Gasteiger partial charge in [-0.1, -0.05) is 54.3 Å². The molecular weight excluding hydrogens is 705 g/mol. The number of hydrogen-bond donors (Lipinski definition) is 3. The molecule has 2 aliphatic heterocycles. The fraction of sp³-hybridized carbons (Fsp3) is 0.486. The maximum atomic E-state index is 14.4. The molecule has 0 spiro atoms. The third-order valence-corrected chi connectivity index (χ3v) is 10.6. The van der Waals surface area contributed by atoms with Crippen molar-refractivity contribution in [3.05, 3.63) is 51.8 Å². The molecule has 3 amide bonds. The Bertz CT molecular complexity index is 1830. The standard InChI is InChI=1S/C35H39Cl2N5O7S/c1-34(2,3)49-33(47)40-23-11-8-6-4-5-7-10-19-17-35(19,32(45)46)41-29(43)26-14-20(18-42(26)31(23)44)48-30-28(27-12-9-13-50-27)38-24-15-21(36)22(37)16-25(24)39-30/h7,9-10,12-13,15-16,19-20,23,26H,4-6,8,11,14,17-18H2,1-3H3,(H,40,47)(H,41,43)(H,45,46). The molecular formula is C35H39Cl2N5O7S. The van der Waals surface area contributed by atoms with Crippen molar-refractivity contribution in [2.45, 2.75) is 95.0 Å². The Kier molecular flexibility index (Phi) is 10.3. The Balaban J connectivity index is 1.34. The number of carbonyl (C=O) groups is 4. The number of hydrogen-bond acceptors (Lipinski definition) is 9. The van der Waals surface area contributed by atoms with Gasteiger partial charge in [-0.2, -0.15) is 0 Å². The van der Waals surface area contributed by atoms with Crippen molar-refractivity contribution in [2.24, 2.45) is 5.92 Å². The van der Waals surface area contributed by atoms with Gasteiger partial charge in [0.1, 0.15) is 35.0 Å². The summed E-state index contributed by atoms with van der Waals surface area (Å²) in [4.78, 5) is 65.4. The molecule has 266 valence electrons. The summed E-state index contributed by atoms with van der Waals surface area (Å²) in [5.41, 5.74) is -0.863. The van der Waals surface area contributed by atoms with Crippen LogP contribution in [-0.4, -0.2) is 79.7 Å². The lowest BCUT2D eigenvalue weighted by atomic mass is 10.0. The molecule has 5 unspecified atom stereocenters. The molecule has 4 heterocycles. The quantitative estimate of drug-likeness (QED) is 0.252. The lowest BCUT2D eigenvalue weighted by molar-refractivity contribution is -0.145. The lowest BCUT2D eigenvalue weighted by Crippen LogP contribution is -2.56. The molecule has 3 N–H and O–H groups in total. The van der Waals surface area contributed by atoms with Crippen LogP contribution in [0.1, 0.15) is 65.7 Å². The average Bonchev–Trinajstić information content (AvgIpc) is 3.35. The number of amides is 3. The van der Waals surface area contributed by atoms with Crippen molar-refractivity contribution in [3.63, 3.8) is 0 Å². The Morgan fingerprint density at radius 2 is 1.86 bits per heavy atom. The second-order valence-corrected chi connectivity index (χ2v) is 15.7. The Morgan fingerprint density at radius 3 is 2.54 bits per heavy atom. The van der Waals surface area contributed by atoms with E-state index in [1.165, 1.54) is 16.2 Å². The first kappa shape index (κ1) is 35.9. The maximum Gasteiger partial charge on any atom is 0.408 e. The topological polar surface area (TPSA) is 160 Å². The van der Waals surface area contributed by atoms with E-state index < -0.39 is 53.2 Å². The number of benzene rings is 1. The molecule has 12 nitrogen and oxygen atoms in total. The van der Waals surface area contributed by atoms with E-state index in [1.54, 1.807) is 32.9 Å². The number of aromatic nitrogens is 2. The van der Waals surface area contributed by atoms with Crippen molar-refractivity contribution in [1.29, 1.82) is 0 Å². The zero-order chi connectivity index (χ0) is 35.8. The molecule has 2 aromatic heterocycles. The van der Waals surface area contributed by atoms with Gasteiger partial charge in [0.2, 0.25) is 17.7 Å². The number of nitrogens with one attached hydrogen (secondary N) is 2. The number of rotatable bonds is 5. The van der Waals surface area contributed by atoms with E-state index in [1.807, 2.05) is 29.7 Å². The molecule has 1 saturated carbocycles. The fourth-order valence-electron chi connectivity index (χ4n) is 6.45. The third kappa shape index (κ3) is 7.84. The van der Waals surface area contributed by atoms with E-state index >= 15 is 0 Å². The summed E-state index contributed by atoms with van der Waals surface area (Å²) in [6.07, 6.45) is 5.90. The van der Waals surface area contributed by atoms with Crippen molar-refractivity contribution in [3.8, 4) is 16.5 Å². The highest BCUT2D eigenvalue weighted by Gasteiger charge is 2.61. The summed E-state index contributed by atoms with van der Waals surface area (Å²) < 4.78 is 12.0. The largest absolute Gasteiger partial charge is 0.479 e. The Labute approximate surface area is 303 Å². The predicted molar refractivity (Wildman–Crippen MR) is 189 cm³/mol. The summed E-state index contributed by atoms with van der Waals surface area (Å²) >= 11 is 14.0. The number of carboxylic acid groups (broad SMARTS) is 1. The van der Waals surface area contributed by atoms with Crippen molar-refractivity contribution >= 4 is 69.4 Å². The highest BCUT2D eigenvalue weighted by Crippen LogP contribution is 2.45. The predicted octanol–water partition coefficient (Wildman–Crippen LogP) is 6.39. The van der Waals surface area contributed by atoms with Gasteiger partial charge in [-0.15, -0.1) is 11.3 Å². The molecule has 3 aliphatic rings. The minimum Gasteiger partial charge on any atom is -0.479 e. The number of nitrogens with zero attached hydrogens (tertiary/aromatic N) is 3. The number of carboxylic acids is 1. The van der Waals surface area contributed by atoms with E-state index in [0.717, 1.165) is 24.1 Å². The molecule has 2 fully saturated rings. The van der Waals surface area contributed by atoms with Gasteiger partial charge in [0.25, 0.3) is 0 Å². The van der Waals surface area contributed by atoms with Crippen molar-refractivity contribution in [1.82, 2.24) is 25.5 Å². The van der Waals surface area contributed by atoms with Crippen LogP contribution in [0.3, 0.4) is 0 Å². The van der Waals surface area contributed by atoms with Crippen LogP contribution in [0, 0.1) is 5.92 Å². The van der Waals surface area contributed by atoms with E-state index in [-0.39, 0.29) is 31.2 Å². The van der Waals surface area contributed by atoms with Gasteiger partial charge in [-0.05, 0) is 70.0 Å². The number of aliphatic carboxylic acids is 1. The van der Waals surface area contributed by atoms with Crippen LogP contribution in [-0.2, 0) is 19.1 Å². The number of thiophene rings is 1. The molecule has 3 aromatic rings. The van der Waals surface area contributed by atoms with Crippen LogP contribution in [0.25, 0.3) is 21.6 Å². The SMILES string of the molecule is CC(C)(C)OC(=O)NC1CCCCCC=CC2CC2(C(=O)O)NC(=O)C2CC(Oc3nc4cc(Cl)c(Cl)cc4nc3-c3cccs3)CN2C1=O. The highest BCUT2D eigenvalue weighted by molar-refractivity contribution is 7.13. The van der Waals surface area contributed by atoms with E-state index in [9.17, 15) is 24.3 Å². The van der Waals surface area contributed by atoms with Crippen LogP contribution < -0.4 is 15.4 Å². The van der Waals surface area contributed by atoms with Crippen LogP contribution in [0.15, 0.2) is 41.8 Å². The van der Waals surface area contributed by atoms with Crippen molar-refractivity contribution in [2.75, 3.05) is 6.54 Å². The van der Waals surface area contributed by atoms with Gasteiger partial charge < -0.3 is 30.1 Å². The van der Waals surface area contributed by atoms with Crippen LogP contribution in [0.2, 0.25) is 10.0 Å². The summed E-state index contributed by atoms with van der Waals surface area (Å²) in [6.45, 7) is 5.16. The van der Waals surface area contributed by atoms with E-state index in [2.05, 4.69) is 10.6 Å². The molecule has 1 aliphatic carbocycles. The van der Waals surface area contributed by atoms with E-state index in [0.29, 0.717) is 39.6 Å². The van der Waals surface area contributed by atoms with Gasteiger partial charge in [0, 0.05) is 12.3 Å². The Hall–Kier alpha value is -3.94. The molecule has 1 aromatic carbocycles. The zero-order valence-corrected chi connectivity index (χ0v) is 30.2. The number of allylic oxidation sites excluding steroid dienone is 1. The van der Waals surface area contributed by atoms with Gasteiger partial charge in [0.05, 0.1) is 32.5 Å². The second-order valence-electron chi connectivity index (χ2n) is 13.9. The molecule has 0 radical (unpaired) electrons. The van der Waals surface area contributed by atoms with Gasteiger partial charge >= 0.3 is 12.1 Å². The first-order valence-corrected chi connectivity index (χ1v) is 18.3. The monoisotopic (exact) mass is 743 g/mol. The molecule has 15 heteroatoms.